The Morgan fingerprint density at radius 3 is 2.42 bits per heavy atom. The fourth-order valence-corrected chi connectivity index (χ4v) is 2.92. The zero-order valence-corrected chi connectivity index (χ0v) is 13.6. The van der Waals surface area contributed by atoms with Gasteiger partial charge in [0.25, 0.3) is 0 Å². The summed E-state index contributed by atoms with van der Waals surface area (Å²) in [7, 11) is 0. The molecule has 0 aliphatic rings. The van der Waals surface area contributed by atoms with Gasteiger partial charge in [-0.1, -0.05) is 30.3 Å². The lowest BCUT2D eigenvalue weighted by Crippen LogP contribution is -1.97. The van der Waals surface area contributed by atoms with Crippen LogP contribution in [0.25, 0.3) is 11.1 Å². The molecule has 0 aliphatic heterocycles. The first-order valence-electron chi connectivity index (χ1n) is 7.71. The molecular weight excluding hydrogens is 300 g/mol. The Bertz CT molecular complexity index is 895. The molecule has 0 aliphatic carbocycles. The Labute approximate surface area is 140 Å². The highest BCUT2D eigenvalue weighted by Crippen LogP contribution is 2.32. The van der Waals surface area contributed by atoms with Crippen molar-refractivity contribution in [2.24, 2.45) is 0 Å². The average molecular weight is 318 g/mol. The molecule has 3 rings (SSSR count). The predicted molar refractivity (Wildman–Crippen MR) is 96.1 cm³/mol. The van der Waals surface area contributed by atoms with E-state index >= 15 is 0 Å². The number of rotatable bonds is 5. The third-order valence-electron chi connectivity index (χ3n) is 3.90. The van der Waals surface area contributed by atoms with E-state index in [1.807, 2.05) is 54.6 Å². The highest BCUT2D eigenvalue weighted by molar-refractivity contribution is 6.06. The van der Waals surface area contributed by atoms with Gasteiger partial charge in [-0.25, -0.2) is 0 Å². The maximum atomic E-state index is 12.0. The SMILES string of the molecule is CC(=O)c1c(C)[nH]c(C=O)c1-c1cccc(Nc2ccccc2)c1. The predicted octanol–water partition coefficient (Wildman–Crippen LogP) is 4.75. The van der Waals surface area contributed by atoms with Gasteiger partial charge in [0.1, 0.15) is 0 Å². The van der Waals surface area contributed by atoms with Gasteiger partial charge in [-0.2, -0.15) is 0 Å². The minimum Gasteiger partial charge on any atom is -0.356 e. The molecule has 0 saturated carbocycles. The van der Waals surface area contributed by atoms with Crippen LogP contribution in [0.4, 0.5) is 11.4 Å². The van der Waals surface area contributed by atoms with Crippen molar-refractivity contribution >= 4 is 23.4 Å². The second-order valence-electron chi connectivity index (χ2n) is 5.66. The number of anilines is 2. The van der Waals surface area contributed by atoms with Gasteiger partial charge in [0.15, 0.2) is 12.1 Å². The van der Waals surface area contributed by atoms with Crippen LogP contribution in [0.1, 0.15) is 33.5 Å². The smallest absolute Gasteiger partial charge is 0.166 e. The van der Waals surface area contributed by atoms with Crippen LogP contribution in [0.5, 0.6) is 0 Å². The van der Waals surface area contributed by atoms with Crippen LogP contribution in [0.15, 0.2) is 54.6 Å². The molecule has 0 amide bonds. The number of carbonyl (C=O) groups excluding carboxylic acids is 2. The van der Waals surface area contributed by atoms with Crippen LogP contribution in [0.3, 0.4) is 0 Å². The number of benzene rings is 2. The zero-order chi connectivity index (χ0) is 17.1. The van der Waals surface area contributed by atoms with Gasteiger partial charge in [0.05, 0.1) is 5.69 Å². The number of carbonyl (C=O) groups is 2. The Morgan fingerprint density at radius 2 is 1.75 bits per heavy atom. The van der Waals surface area contributed by atoms with Crippen molar-refractivity contribution in [3.8, 4) is 11.1 Å². The molecule has 4 heteroatoms. The number of H-pyrrole nitrogens is 1. The molecule has 0 unspecified atom stereocenters. The Morgan fingerprint density at radius 1 is 1.04 bits per heavy atom. The Hall–Kier alpha value is -3.14. The topological polar surface area (TPSA) is 62.0 Å². The first kappa shape index (κ1) is 15.7. The molecule has 0 saturated heterocycles. The first-order chi connectivity index (χ1) is 11.6. The van der Waals surface area contributed by atoms with Crippen molar-refractivity contribution in [2.75, 3.05) is 5.32 Å². The van der Waals surface area contributed by atoms with E-state index in [1.165, 1.54) is 6.92 Å². The molecule has 2 N–H and O–H groups in total. The van der Waals surface area contributed by atoms with Gasteiger partial charge >= 0.3 is 0 Å². The van der Waals surface area contributed by atoms with Crippen molar-refractivity contribution in [1.29, 1.82) is 0 Å². The van der Waals surface area contributed by atoms with Gasteiger partial charge in [-0.05, 0) is 43.7 Å². The normalized spacial score (nSPS) is 10.4. The second kappa shape index (κ2) is 6.54. The summed E-state index contributed by atoms with van der Waals surface area (Å²) in [5.41, 5.74) is 5.05. The number of para-hydroxylation sites is 1. The van der Waals surface area contributed by atoms with Gasteiger partial charge in [0, 0.05) is 28.2 Å². The molecule has 120 valence electrons. The highest BCUT2D eigenvalue weighted by atomic mass is 16.1. The van der Waals surface area contributed by atoms with E-state index in [2.05, 4.69) is 10.3 Å². The van der Waals surface area contributed by atoms with Crippen LogP contribution >= 0.6 is 0 Å². The van der Waals surface area contributed by atoms with Crippen molar-refractivity contribution in [2.45, 2.75) is 13.8 Å². The number of ketones is 1. The molecule has 0 spiro atoms. The zero-order valence-electron chi connectivity index (χ0n) is 13.6. The lowest BCUT2D eigenvalue weighted by molar-refractivity contribution is 0.101. The number of aromatic nitrogens is 1. The van der Waals surface area contributed by atoms with Gasteiger partial charge < -0.3 is 10.3 Å². The fourth-order valence-electron chi connectivity index (χ4n) is 2.92. The molecule has 0 fully saturated rings. The van der Waals surface area contributed by atoms with E-state index in [0.29, 0.717) is 22.5 Å². The second-order valence-corrected chi connectivity index (χ2v) is 5.66. The van der Waals surface area contributed by atoms with Crippen LogP contribution < -0.4 is 5.32 Å². The van der Waals surface area contributed by atoms with E-state index in [0.717, 1.165) is 23.2 Å². The van der Waals surface area contributed by atoms with Gasteiger partial charge in [-0.15, -0.1) is 0 Å². The molecule has 1 heterocycles. The third kappa shape index (κ3) is 2.99. The number of aryl methyl sites for hydroxylation is 1. The number of nitrogens with one attached hydrogen (secondary N) is 2. The number of hydrogen-bond donors (Lipinski definition) is 2. The van der Waals surface area contributed by atoms with Crippen LogP contribution in [0, 0.1) is 6.92 Å². The molecule has 0 radical (unpaired) electrons. The summed E-state index contributed by atoms with van der Waals surface area (Å²) in [6.07, 6.45) is 0.756. The fraction of sp³-hybridized carbons (Fsp3) is 0.100. The van der Waals surface area contributed by atoms with Gasteiger partial charge in [-0.3, -0.25) is 9.59 Å². The summed E-state index contributed by atoms with van der Waals surface area (Å²) < 4.78 is 0. The summed E-state index contributed by atoms with van der Waals surface area (Å²) >= 11 is 0. The molecule has 3 aromatic rings. The van der Waals surface area contributed by atoms with E-state index in [1.54, 1.807) is 6.92 Å². The van der Waals surface area contributed by atoms with Crippen LogP contribution in [-0.4, -0.2) is 17.1 Å². The van der Waals surface area contributed by atoms with Crippen molar-refractivity contribution in [1.82, 2.24) is 4.98 Å². The van der Waals surface area contributed by atoms with E-state index in [9.17, 15) is 9.59 Å². The number of Topliss-reactive ketones (excluding diaryl/α,β-unsaturated/α-hetero) is 1. The van der Waals surface area contributed by atoms with Crippen molar-refractivity contribution in [3.63, 3.8) is 0 Å². The van der Waals surface area contributed by atoms with E-state index < -0.39 is 0 Å². The Kier molecular flexibility index (Phi) is 4.29. The number of hydrogen-bond acceptors (Lipinski definition) is 3. The third-order valence-corrected chi connectivity index (χ3v) is 3.90. The lowest BCUT2D eigenvalue weighted by atomic mass is 9.98. The van der Waals surface area contributed by atoms with E-state index in [-0.39, 0.29) is 5.78 Å². The van der Waals surface area contributed by atoms with E-state index in [4.69, 9.17) is 0 Å². The summed E-state index contributed by atoms with van der Waals surface area (Å²) in [6.45, 7) is 3.32. The summed E-state index contributed by atoms with van der Waals surface area (Å²) in [4.78, 5) is 26.4. The van der Waals surface area contributed by atoms with Crippen LogP contribution in [-0.2, 0) is 0 Å². The average Bonchev–Trinajstić information content (AvgIpc) is 2.93. The maximum Gasteiger partial charge on any atom is 0.166 e. The monoisotopic (exact) mass is 318 g/mol. The lowest BCUT2D eigenvalue weighted by Gasteiger charge is -2.09. The minimum atomic E-state index is -0.0618. The molecule has 2 aromatic carbocycles. The summed E-state index contributed by atoms with van der Waals surface area (Å²) in [6, 6.07) is 17.5. The maximum absolute atomic E-state index is 12.0. The summed E-state index contributed by atoms with van der Waals surface area (Å²) in [5, 5.41) is 3.32. The minimum absolute atomic E-state index is 0.0618. The summed E-state index contributed by atoms with van der Waals surface area (Å²) in [5.74, 6) is -0.0618. The van der Waals surface area contributed by atoms with Crippen LogP contribution in [0.2, 0.25) is 0 Å². The molecule has 1 aromatic heterocycles. The Balaban J connectivity index is 2.06. The molecular formula is C20H18N2O2. The molecule has 0 atom stereocenters. The standard InChI is InChI=1S/C20H18N2O2/c1-13-19(14(2)24)20(18(12-23)21-13)15-7-6-10-17(11-15)22-16-8-4-3-5-9-16/h3-12,21-22H,1-2H3. The van der Waals surface area contributed by atoms with Crippen molar-refractivity contribution < 1.29 is 9.59 Å². The molecule has 0 bridgehead atoms. The number of aldehydes is 1. The quantitative estimate of drug-likeness (QED) is 0.527. The van der Waals surface area contributed by atoms with Crippen molar-refractivity contribution in [3.05, 3.63) is 71.5 Å². The highest BCUT2D eigenvalue weighted by Gasteiger charge is 2.19. The van der Waals surface area contributed by atoms with Gasteiger partial charge in [0.2, 0.25) is 0 Å². The first-order valence-corrected chi connectivity index (χ1v) is 7.71. The number of aromatic amines is 1. The molecule has 24 heavy (non-hydrogen) atoms. The largest absolute Gasteiger partial charge is 0.356 e. The molecule has 4 nitrogen and oxygen atoms in total.